The standard InChI is InChI=1S/C18H17N3O/c1-13-6-5-7-14(10-13)18(22)20-19-11-15-12-21(2)17-9-4-3-8-16(15)17/h3-12H,1-2H3,(H,20,22)/b19-11+. The van der Waals surface area contributed by atoms with E-state index < -0.39 is 0 Å². The van der Waals surface area contributed by atoms with Gasteiger partial charge in [0.05, 0.1) is 6.21 Å². The van der Waals surface area contributed by atoms with Gasteiger partial charge in [0.1, 0.15) is 0 Å². The zero-order valence-electron chi connectivity index (χ0n) is 12.6. The molecule has 3 aromatic rings. The Morgan fingerprint density at radius 2 is 2.00 bits per heavy atom. The topological polar surface area (TPSA) is 46.4 Å². The third kappa shape index (κ3) is 2.76. The summed E-state index contributed by atoms with van der Waals surface area (Å²) in [4.78, 5) is 12.0. The molecule has 2 aromatic carbocycles. The summed E-state index contributed by atoms with van der Waals surface area (Å²) in [6, 6.07) is 15.5. The van der Waals surface area contributed by atoms with Crippen LogP contribution in [0, 0.1) is 6.92 Å². The molecule has 0 aliphatic rings. The maximum Gasteiger partial charge on any atom is 0.271 e. The van der Waals surface area contributed by atoms with E-state index in [0.29, 0.717) is 5.56 Å². The summed E-state index contributed by atoms with van der Waals surface area (Å²) in [5.74, 6) is -0.208. The van der Waals surface area contributed by atoms with Crippen LogP contribution in [-0.4, -0.2) is 16.7 Å². The maximum atomic E-state index is 12.0. The molecule has 0 atom stereocenters. The zero-order valence-corrected chi connectivity index (χ0v) is 12.6. The number of benzene rings is 2. The molecule has 22 heavy (non-hydrogen) atoms. The fourth-order valence-corrected chi connectivity index (χ4v) is 2.49. The first-order chi connectivity index (χ1) is 10.6. The number of aromatic nitrogens is 1. The second-order valence-electron chi connectivity index (χ2n) is 5.28. The predicted molar refractivity (Wildman–Crippen MR) is 89.2 cm³/mol. The average Bonchev–Trinajstić information content (AvgIpc) is 2.84. The molecule has 0 bridgehead atoms. The second-order valence-corrected chi connectivity index (χ2v) is 5.28. The molecule has 1 amide bonds. The lowest BCUT2D eigenvalue weighted by atomic mass is 10.1. The van der Waals surface area contributed by atoms with E-state index in [1.807, 2.05) is 61.1 Å². The highest BCUT2D eigenvalue weighted by atomic mass is 16.2. The summed E-state index contributed by atoms with van der Waals surface area (Å²) in [6.45, 7) is 1.95. The Hall–Kier alpha value is -2.88. The number of nitrogens with zero attached hydrogens (tertiary/aromatic N) is 2. The SMILES string of the molecule is Cc1cccc(C(=O)N/N=C/c2cn(C)c3ccccc23)c1. The number of hydrogen-bond acceptors (Lipinski definition) is 2. The molecule has 1 N–H and O–H groups in total. The number of para-hydroxylation sites is 1. The Bertz CT molecular complexity index is 862. The molecule has 0 aliphatic heterocycles. The number of hydrazone groups is 1. The lowest BCUT2D eigenvalue weighted by molar-refractivity contribution is 0.0955. The van der Waals surface area contributed by atoms with Gasteiger partial charge in [0.25, 0.3) is 5.91 Å². The summed E-state index contributed by atoms with van der Waals surface area (Å²) in [5.41, 5.74) is 6.33. The summed E-state index contributed by atoms with van der Waals surface area (Å²) in [6.07, 6.45) is 3.67. The van der Waals surface area contributed by atoms with E-state index >= 15 is 0 Å². The molecule has 0 unspecified atom stereocenters. The molecule has 110 valence electrons. The van der Waals surface area contributed by atoms with E-state index in [2.05, 4.69) is 16.6 Å². The van der Waals surface area contributed by atoms with Crippen LogP contribution < -0.4 is 5.43 Å². The van der Waals surface area contributed by atoms with Crippen molar-refractivity contribution in [2.45, 2.75) is 6.92 Å². The Morgan fingerprint density at radius 3 is 2.82 bits per heavy atom. The van der Waals surface area contributed by atoms with Crippen molar-refractivity contribution in [3.8, 4) is 0 Å². The predicted octanol–water partition coefficient (Wildman–Crippen LogP) is 3.25. The van der Waals surface area contributed by atoms with Crippen LogP contribution in [0.3, 0.4) is 0 Å². The van der Waals surface area contributed by atoms with Gasteiger partial charge < -0.3 is 4.57 Å². The van der Waals surface area contributed by atoms with Gasteiger partial charge in [-0.3, -0.25) is 4.79 Å². The van der Waals surface area contributed by atoms with Gasteiger partial charge in [-0.2, -0.15) is 5.10 Å². The van der Waals surface area contributed by atoms with Crippen LogP contribution in [0.1, 0.15) is 21.5 Å². The fraction of sp³-hybridized carbons (Fsp3) is 0.111. The van der Waals surface area contributed by atoms with Crippen LogP contribution in [-0.2, 0) is 7.05 Å². The lowest BCUT2D eigenvalue weighted by Crippen LogP contribution is -2.17. The normalized spacial score (nSPS) is 11.2. The highest BCUT2D eigenvalue weighted by molar-refractivity contribution is 6.00. The average molecular weight is 291 g/mol. The Morgan fingerprint density at radius 1 is 1.18 bits per heavy atom. The molecule has 0 saturated heterocycles. The van der Waals surface area contributed by atoms with Crippen molar-refractivity contribution in [2.24, 2.45) is 12.1 Å². The molecule has 0 aliphatic carbocycles. The van der Waals surface area contributed by atoms with Gasteiger partial charge in [-0.25, -0.2) is 5.43 Å². The maximum absolute atomic E-state index is 12.0. The number of rotatable bonds is 3. The second kappa shape index (κ2) is 5.85. The van der Waals surface area contributed by atoms with Gasteiger partial charge in [0, 0.05) is 35.3 Å². The summed E-state index contributed by atoms with van der Waals surface area (Å²) in [7, 11) is 1.99. The highest BCUT2D eigenvalue weighted by Gasteiger charge is 2.05. The molecule has 1 aromatic heterocycles. The van der Waals surface area contributed by atoms with Crippen molar-refractivity contribution in [3.05, 3.63) is 71.4 Å². The Labute approximate surface area is 129 Å². The molecule has 0 spiro atoms. The number of fused-ring (bicyclic) bond motifs is 1. The van der Waals surface area contributed by atoms with E-state index in [4.69, 9.17) is 0 Å². The molecule has 3 rings (SSSR count). The largest absolute Gasteiger partial charge is 0.350 e. The first-order valence-corrected chi connectivity index (χ1v) is 7.09. The van der Waals surface area contributed by atoms with Crippen LogP contribution >= 0.6 is 0 Å². The van der Waals surface area contributed by atoms with Crippen molar-refractivity contribution in [1.82, 2.24) is 9.99 Å². The monoisotopic (exact) mass is 291 g/mol. The molecule has 0 fully saturated rings. The summed E-state index contributed by atoms with van der Waals surface area (Å²) < 4.78 is 2.04. The molecular formula is C18H17N3O. The van der Waals surface area contributed by atoms with Crippen LogP contribution in [0.4, 0.5) is 0 Å². The van der Waals surface area contributed by atoms with E-state index in [-0.39, 0.29) is 5.91 Å². The molecule has 0 radical (unpaired) electrons. The number of hydrogen-bond donors (Lipinski definition) is 1. The highest BCUT2D eigenvalue weighted by Crippen LogP contribution is 2.18. The van der Waals surface area contributed by atoms with Crippen molar-refractivity contribution in [2.75, 3.05) is 0 Å². The first kappa shape index (κ1) is 14.1. The van der Waals surface area contributed by atoms with Crippen molar-refractivity contribution in [3.63, 3.8) is 0 Å². The molecule has 1 heterocycles. The number of aryl methyl sites for hydroxylation is 2. The van der Waals surface area contributed by atoms with Gasteiger partial charge in [0.2, 0.25) is 0 Å². The lowest BCUT2D eigenvalue weighted by Gasteiger charge is -2.00. The van der Waals surface area contributed by atoms with Crippen LogP contribution in [0.15, 0.2) is 59.8 Å². The van der Waals surface area contributed by atoms with E-state index in [0.717, 1.165) is 22.0 Å². The minimum atomic E-state index is -0.208. The van der Waals surface area contributed by atoms with E-state index in [9.17, 15) is 4.79 Å². The molecule has 0 saturated carbocycles. The Balaban J connectivity index is 1.78. The van der Waals surface area contributed by atoms with Crippen molar-refractivity contribution < 1.29 is 4.79 Å². The van der Waals surface area contributed by atoms with Crippen molar-refractivity contribution in [1.29, 1.82) is 0 Å². The minimum Gasteiger partial charge on any atom is -0.350 e. The van der Waals surface area contributed by atoms with E-state index in [1.165, 1.54) is 0 Å². The summed E-state index contributed by atoms with van der Waals surface area (Å²) in [5, 5.41) is 5.18. The number of carbonyl (C=O) groups is 1. The number of carbonyl (C=O) groups excluding carboxylic acids is 1. The smallest absolute Gasteiger partial charge is 0.271 e. The summed E-state index contributed by atoms with van der Waals surface area (Å²) >= 11 is 0. The quantitative estimate of drug-likeness (QED) is 0.584. The van der Waals surface area contributed by atoms with Gasteiger partial charge in [-0.15, -0.1) is 0 Å². The third-order valence-electron chi connectivity index (χ3n) is 3.58. The zero-order chi connectivity index (χ0) is 15.5. The van der Waals surface area contributed by atoms with Crippen LogP contribution in [0.2, 0.25) is 0 Å². The number of nitrogens with one attached hydrogen (secondary N) is 1. The van der Waals surface area contributed by atoms with Crippen LogP contribution in [0.5, 0.6) is 0 Å². The molecule has 4 nitrogen and oxygen atoms in total. The first-order valence-electron chi connectivity index (χ1n) is 7.09. The van der Waals surface area contributed by atoms with E-state index in [1.54, 1.807) is 12.3 Å². The molecular weight excluding hydrogens is 274 g/mol. The third-order valence-corrected chi connectivity index (χ3v) is 3.58. The Kier molecular flexibility index (Phi) is 3.74. The van der Waals surface area contributed by atoms with Crippen molar-refractivity contribution >= 4 is 23.0 Å². The van der Waals surface area contributed by atoms with Gasteiger partial charge in [0.15, 0.2) is 0 Å². The minimum absolute atomic E-state index is 0.208. The molecule has 4 heteroatoms. The van der Waals surface area contributed by atoms with Gasteiger partial charge in [-0.05, 0) is 25.1 Å². The van der Waals surface area contributed by atoms with Crippen LogP contribution in [0.25, 0.3) is 10.9 Å². The number of amides is 1. The van der Waals surface area contributed by atoms with Gasteiger partial charge >= 0.3 is 0 Å². The fourth-order valence-electron chi connectivity index (χ4n) is 2.49. The van der Waals surface area contributed by atoms with Gasteiger partial charge in [-0.1, -0.05) is 35.9 Å².